The van der Waals surface area contributed by atoms with Gasteiger partial charge in [-0.25, -0.2) is 0 Å². The zero-order valence-electron chi connectivity index (χ0n) is 16.2. The first-order chi connectivity index (χ1) is 14.7. The molecule has 0 saturated heterocycles. The standard InChI is InChI=1S/C25H21N3O2/c29-24(27-14-16-6-2-1-3-7-16)17-10-11-22-20(12-17)18(15-26-22)13-21-19-8-4-5-9-23(19)28-25(21)30/h1-13,15,25-26,28,30H,14H2,(H,27,29). The number of carbonyl (C=O) groups excluding carboxylic acids is 1. The van der Waals surface area contributed by atoms with E-state index in [0.717, 1.165) is 38.9 Å². The predicted octanol–water partition coefficient (Wildman–Crippen LogP) is 4.38. The summed E-state index contributed by atoms with van der Waals surface area (Å²) in [4.78, 5) is 15.9. The first kappa shape index (κ1) is 18.2. The van der Waals surface area contributed by atoms with Gasteiger partial charge >= 0.3 is 0 Å². The van der Waals surface area contributed by atoms with Gasteiger partial charge in [0.1, 0.15) is 0 Å². The maximum atomic E-state index is 12.7. The minimum atomic E-state index is -0.760. The molecule has 5 nitrogen and oxygen atoms in total. The Morgan fingerprint density at radius 1 is 1.03 bits per heavy atom. The Balaban J connectivity index is 1.44. The van der Waals surface area contributed by atoms with Crippen LogP contribution < -0.4 is 10.6 Å². The van der Waals surface area contributed by atoms with E-state index in [1.165, 1.54) is 0 Å². The molecule has 0 bridgehead atoms. The number of aliphatic hydroxyl groups is 1. The van der Waals surface area contributed by atoms with Gasteiger partial charge < -0.3 is 20.7 Å². The number of nitrogens with one attached hydrogen (secondary N) is 3. The Morgan fingerprint density at radius 2 is 1.83 bits per heavy atom. The van der Waals surface area contributed by atoms with Crippen molar-refractivity contribution in [2.45, 2.75) is 12.8 Å². The highest BCUT2D eigenvalue weighted by molar-refractivity contribution is 6.03. The summed E-state index contributed by atoms with van der Waals surface area (Å²) < 4.78 is 0. The van der Waals surface area contributed by atoms with Gasteiger partial charge in [-0.05, 0) is 35.9 Å². The van der Waals surface area contributed by atoms with Crippen molar-refractivity contribution in [1.29, 1.82) is 0 Å². The number of rotatable bonds is 4. The maximum Gasteiger partial charge on any atom is 0.251 e. The van der Waals surface area contributed by atoms with E-state index in [0.29, 0.717) is 12.1 Å². The number of hydrogen-bond donors (Lipinski definition) is 4. The highest BCUT2D eigenvalue weighted by Crippen LogP contribution is 2.36. The molecule has 0 saturated carbocycles. The van der Waals surface area contributed by atoms with Crippen molar-refractivity contribution in [2.75, 3.05) is 5.32 Å². The molecule has 1 unspecified atom stereocenters. The number of benzene rings is 3. The zero-order valence-corrected chi connectivity index (χ0v) is 16.2. The lowest BCUT2D eigenvalue weighted by Gasteiger charge is -2.07. The lowest BCUT2D eigenvalue weighted by molar-refractivity contribution is 0.0951. The van der Waals surface area contributed by atoms with Crippen molar-refractivity contribution in [1.82, 2.24) is 10.3 Å². The minimum absolute atomic E-state index is 0.117. The van der Waals surface area contributed by atoms with Gasteiger partial charge in [-0.1, -0.05) is 48.5 Å². The third-order valence-corrected chi connectivity index (χ3v) is 5.41. The van der Waals surface area contributed by atoms with E-state index in [9.17, 15) is 9.90 Å². The van der Waals surface area contributed by atoms with Crippen LogP contribution in [0.15, 0.2) is 79.0 Å². The van der Waals surface area contributed by atoms with Crippen molar-refractivity contribution in [3.8, 4) is 0 Å². The molecule has 1 aromatic heterocycles. The van der Waals surface area contributed by atoms with Gasteiger partial charge in [0.05, 0.1) is 0 Å². The average molecular weight is 395 g/mol. The van der Waals surface area contributed by atoms with Crippen molar-refractivity contribution in [3.05, 3.63) is 101 Å². The van der Waals surface area contributed by atoms with Crippen LogP contribution in [0.5, 0.6) is 0 Å². The van der Waals surface area contributed by atoms with Crippen LogP contribution in [0.2, 0.25) is 0 Å². The van der Waals surface area contributed by atoms with Crippen LogP contribution in [0.25, 0.3) is 22.6 Å². The fourth-order valence-electron chi connectivity index (χ4n) is 3.84. The first-order valence-electron chi connectivity index (χ1n) is 9.88. The Morgan fingerprint density at radius 3 is 2.70 bits per heavy atom. The summed E-state index contributed by atoms with van der Waals surface area (Å²) in [5, 5.41) is 17.4. The number of amides is 1. The quantitative estimate of drug-likeness (QED) is 0.414. The lowest BCUT2D eigenvalue weighted by Crippen LogP contribution is -2.22. The number of anilines is 1. The Hall–Kier alpha value is -3.83. The zero-order chi connectivity index (χ0) is 20.5. The molecule has 1 atom stereocenters. The Kier molecular flexibility index (Phi) is 4.58. The number of aliphatic hydroxyl groups excluding tert-OH is 1. The second-order valence-electron chi connectivity index (χ2n) is 7.36. The fraction of sp³-hybridized carbons (Fsp3) is 0.0800. The highest BCUT2D eigenvalue weighted by Gasteiger charge is 2.24. The summed E-state index contributed by atoms with van der Waals surface area (Å²) in [5.41, 5.74) is 6.23. The van der Waals surface area contributed by atoms with Crippen LogP contribution in [0.4, 0.5) is 5.69 Å². The third-order valence-electron chi connectivity index (χ3n) is 5.41. The summed E-state index contributed by atoms with van der Waals surface area (Å²) in [6.07, 6.45) is 3.11. The lowest BCUT2D eigenvalue weighted by atomic mass is 10.0. The van der Waals surface area contributed by atoms with Crippen molar-refractivity contribution >= 4 is 34.1 Å². The van der Waals surface area contributed by atoms with E-state index in [4.69, 9.17) is 0 Å². The topological polar surface area (TPSA) is 77.2 Å². The Bertz CT molecular complexity index is 1260. The Labute approximate surface area is 174 Å². The number of fused-ring (bicyclic) bond motifs is 2. The van der Waals surface area contributed by atoms with Gasteiger partial charge in [0.25, 0.3) is 5.91 Å². The van der Waals surface area contributed by atoms with Crippen LogP contribution in [0.3, 0.4) is 0 Å². The van der Waals surface area contributed by atoms with E-state index in [1.54, 1.807) is 0 Å². The summed E-state index contributed by atoms with van der Waals surface area (Å²) in [6, 6.07) is 23.3. The molecule has 1 aliphatic heterocycles. The van der Waals surface area contributed by atoms with Crippen LogP contribution in [-0.2, 0) is 6.54 Å². The molecular weight excluding hydrogens is 374 g/mol. The molecule has 4 aromatic rings. The number of carbonyl (C=O) groups is 1. The maximum absolute atomic E-state index is 12.7. The minimum Gasteiger partial charge on any atom is -0.369 e. The molecule has 5 rings (SSSR count). The molecule has 0 radical (unpaired) electrons. The third kappa shape index (κ3) is 3.36. The molecule has 2 heterocycles. The van der Waals surface area contributed by atoms with E-state index >= 15 is 0 Å². The first-order valence-corrected chi connectivity index (χ1v) is 9.88. The van der Waals surface area contributed by atoms with E-state index in [1.807, 2.05) is 85.1 Å². The van der Waals surface area contributed by atoms with Gasteiger partial charge in [-0.2, -0.15) is 0 Å². The molecule has 0 aliphatic carbocycles. The second kappa shape index (κ2) is 7.54. The smallest absolute Gasteiger partial charge is 0.251 e. The fourth-order valence-corrected chi connectivity index (χ4v) is 3.84. The van der Waals surface area contributed by atoms with E-state index < -0.39 is 6.23 Å². The average Bonchev–Trinajstić information content (AvgIpc) is 3.33. The molecule has 1 aliphatic rings. The van der Waals surface area contributed by atoms with E-state index in [-0.39, 0.29) is 5.91 Å². The molecule has 0 fully saturated rings. The van der Waals surface area contributed by atoms with Crippen molar-refractivity contribution < 1.29 is 9.90 Å². The van der Waals surface area contributed by atoms with Crippen LogP contribution in [0.1, 0.15) is 27.0 Å². The second-order valence-corrected chi connectivity index (χ2v) is 7.36. The molecule has 5 heteroatoms. The molecule has 1 amide bonds. The van der Waals surface area contributed by atoms with Crippen molar-refractivity contribution in [3.63, 3.8) is 0 Å². The molecule has 4 N–H and O–H groups in total. The SMILES string of the molecule is O=C(NCc1ccccc1)c1ccc2[nH]cc(C=C3c4ccccc4NC3O)c2c1. The molecule has 3 aromatic carbocycles. The normalized spacial score (nSPS) is 16.4. The number of para-hydroxylation sites is 1. The largest absolute Gasteiger partial charge is 0.369 e. The van der Waals surface area contributed by atoms with Gasteiger partial charge in [0.15, 0.2) is 6.23 Å². The van der Waals surface area contributed by atoms with Crippen LogP contribution >= 0.6 is 0 Å². The summed E-state index contributed by atoms with van der Waals surface area (Å²) in [5.74, 6) is -0.117. The molecular formula is C25H21N3O2. The van der Waals surface area contributed by atoms with Crippen LogP contribution in [-0.4, -0.2) is 22.2 Å². The van der Waals surface area contributed by atoms with Gasteiger partial charge in [0.2, 0.25) is 0 Å². The number of hydrogen-bond acceptors (Lipinski definition) is 3. The molecule has 148 valence electrons. The number of aromatic nitrogens is 1. The summed E-state index contributed by atoms with van der Waals surface area (Å²) >= 11 is 0. The predicted molar refractivity (Wildman–Crippen MR) is 120 cm³/mol. The molecule has 0 spiro atoms. The number of H-pyrrole nitrogens is 1. The summed E-state index contributed by atoms with van der Waals surface area (Å²) in [6.45, 7) is 0.483. The summed E-state index contributed by atoms with van der Waals surface area (Å²) in [7, 11) is 0. The van der Waals surface area contributed by atoms with Crippen LogP contribution in [0, 0.1) is 0 Å². The highest BCUT2D eigenvalue weighted by atomic mass is 16.3. The monoisotopic (exact) mass is 395 g/mol. The van der Waals surface area contributed by atoms with Crippen molar-refractivity contribution in [2.24, 2.45) is 0 Å². The molecule has 30 heavy (non-hydrogen) atoms. The van der Waals surface area contributed by atoms with Gasteiger partial charge in [-0.15, -0.1) is 0 Å². The number of aromatic amines is 1. The van der Waals surface area contributed by atoms with Gasteiger partial charge in [-0.3, -0.25) is 4.79 Å². The van der Waals surface area contributed by atoms with Gasteiger partial charge in [0, 0.05) is 51.6 Å². The van der Waals surface area contributed by atoms with E-state index in [2.05, 4.69) is 15.6 Å².